The van der Waals surface area contributed by atoms with Gasteiger partial charge in [-0.15, -0.1) is 0 Å². The Balaban J connectivity index is 1.99. The number of para-hydroxylation sites is 1. The van der Waals surface area contributed by atoms with E-state index in [9.17, 15) is 4.79 Å². The molecule has 2 rings (SSSR count). The number of nitrogens with one attached hydrogen (secondary N) is 2. The van der Waals surface area contributed by atoms with Crippen molar-refractivity contribution >= 4 is 29.0 Å². The van der Waals surface area contributed by atoms with E-state index in [0.717, 1.165) is 5.69 Å². The van der Waals surface area contributed by atoms with Crippen molar-refractivity contribution in [2.75, 3.05) is 23.8 Å². The highest BCUT2D eigenvalue weighted by molar-refractivity contribution is 6.32. The van der Waals surface area contributed by atoms with Crippen LogP contribution in [-0.2, 0) is 11.8 Å². The molecular formula is C15H19ClN4O2. The summed E-state index contributed by atoms with van der Waals surface area (Å²) in [5.74, 6) is 1.03. The molecule has 0 aliphatic carbocycles. The summed E-state index contributed by atoms with van der Waals surface area (Å²) in [5, 5.41) is 10.5. The number of aromatic nitrogens is 2. The van der Waals surface area contributed by atoms with Crippen LogP contribution in [0.1, 0.15) is 12.6 Å². The van der Waals surface area contributed by atoms with E-state index >= 15 is 0 Å². The molecule has 0 saturated heterocycles. The first-order valence-corrected chi connectivity index (χ1v) is 7.34. The molecule has 1 aromatic carbocycles. The molecule has 2 aromatic rings. The van der Waals surface area contributed by atoms with E-state index in [4.69, 9.17) is 16.3 Å². The first-order valence-electron chi connectivity index (χ1n) is 6.97. The maximum atomic E-state index is 12.0. The summed E-state index contributed by atoms with van der Waals surface area (Å²) in [6, 6.07) is 7.17. The molecule has 0 bridgehead atoms. The number of aryl methyl sites for hydroxylation is 2. The zero-order valence-corrected chi connectivity index (χ0v) is 13.6. The lowest BCUT2D eigenvalue weighted by molar-refractivity contribution is -0.114. The molecular weight excluding hydrogens is 304 g/mol. The SMILES string of the molecule is CCOc1c(Cl)cccc1NCC(=O)Nc1cc(C)nn1C. The molecule has 0 aliphatic rings. The number of ether oxygens (including phenoxy) is 1. The normalized spacial score (nSPS) is 10.4. The lowest BCUT2D eigenvalue weighted by Gasteiger charge is -2.13. The van der Waals surface area contributed by atoms with Crippen molar-refractivity contribution in [3.63, 3.8) is 0 Å². The lowest BCUT2D eigenvalue weighted by Crippen LogP contribution is -2.23. The summed E-state index contributed by atoms with van der Waals surface area (Å²) in [6.07, 6.45) is 0. The van der Waals surface area contributed by atoms with Crippen LogP contribution in [-0.4, -0.2) is 28.8 Å². The average Bonchev–Trinajstić information content (AvgIpc) is 2.77. The first kappa shape index (κ1) is 16.2. The van der Waals surface area contributed by atoms with Crippen molar-refractivity contribution in [3.8, 4) is 5.75 Å². The largest absolute Gasteiger partial charge is 0.490 e. The number of nitrogens with zero attached hydrogens (tertiary/aromatic N) is 2. The standard InChI is InChI=1S/C15H19ClN4O2/c1-4-22-15-11(16)6-5-7-12(15)17-9-14(21)18-13-8-10(2)19-20(13)3/h5-8,17H,4,9H2,1-3H3,(H,18,21). The number of carbonyl (C=O) groups is 1. The molecule has 118 valence electrons. The Hall–Kier alpha value is -2.21. The van der Waals surface area contributed by atoms with E-state index in [0.29, 0.717) is 28.9 Å². The second-order valence-corrected chi connectivity index (χ2v) is 5.15. The van der Waals surface area contributed by atoms with Gasteiger partial charge < -0.3 is 15.4 Å². The average molecular weight is 323 g/mol. The van der Waals surface area contributed by atoms with Crippen LogP contribution in [0.3, 0.4) is 0 Å². The molecule has 1 amide bonds. The molecule has 0 atom stereocenters. The third kappa shape index (κ3) is 3.92. The number of anilines is 2. The molecule has 2 N–H and O–H groups in total. The quantitative estimate of drug-likeness (QED) is 0.858. The molecule has 0 unspecified atom stereocenters. The molecule has 0 aliphatic heterocycles. The van der Waals surface area contributed by atoms with Crippen LogP contribution < -0.4 is 15.4 Å². The van der Waals surface area contributed by atoms with Gasteiger partial charge in [0.2, 0.25) is 5.91 Å². The fourth-order valence-electron chi connectivity index (χ4n) is 2.03. The van der Waals surface area contributed by atoms with E-state index < -0.39 is 0 Å². The van der Waals surface area contributed by atoms with Gasteiger partial charge in [0.25, 0.3) is 0 Å². The van der Waals surface area contributed by atoms with Gasteiger partial charge >= 0.3 is 0 Å². The highest BCUT2D eigenvalue weighted by Crippen LogP contribution is 2.32. The molecule has 1 heterocycles. The minimum Gasteiger partial charge on any atom is -0.490 e. The second kappa shape index (κ2) is 7.17. The van der Waals surface area contributed by atoms with Gasteiger partial charge in [-0.05, 0) is 26.0 Å². The van der Waals surface area contributed by atoms with Gasteiger partial charge in [-0.1, -0.05) is 17.7 Å². The van der Waals surface area contributed by atoms with Crippen molar-refractivity contribution in [1.29, 1.82) is 0 Å². The van der Waals surface area contributed by atoms with Gasteiger partial charge in [-0.3, -0.25) is 9.48 Å². The number of halogens is 1. The Labute approximate surface area is 134 Å². The van der Waals surface area contributed by atoms with Gasteiger partial charge in [0.15, 0.2) is 5.75 Å². The third-order valence-corrected chi connectivity index (χ3v) is 3.26. The minimum atomic E-state index is -0.176. The van der Waals surface area contributed by atoms with Crippen LogP contribution in [0.15, 0.2) is 24.3 Å². The highest BCUT2D eigenvalue weighted by Gasteiger charge is 2.11. The van der Waals surface area contributed by atoms with E-state index in [1.807, 2.05) is 26.0 Å². The molecule has 1 aromatic heterocycles. The molecule has 0 fully saturated rings. The summed E-state index contributed by atoms with van der Waals surface area (Å²) in [4.78, 5) is 12.0. The predicted molar refractivity (Wildman–Crippen MR) is 87.7 cm³/mol. The van der Waals surface area contributed by atoms with Crippen molar-refractivity contribution in [3.05, 3.63) is 35.0 Å². The van der Waals surface area contributed by atoms with Crippen molar-refractivity contribution in [2.24, 2.45) is 7.05 Å². The summed E-state index contributed by atoms with van der Waals surface area (Å²) in [7, 11) is 1.78. The maximum Gasteiger partial charge on any atom is 0.244 e. The minimum absolute atomic E-state index is 0.102. The lowest BCUT2D eigenvalue weighted by atomic mass is 10.3. The third-order valence-electron chi connectivity index (χ3n) is 2.96. The molecule has 6 nitrogen and oxygen atoms in total. The van der Waals surface area contributed by atoms with Gasteiger partial charge in [-0.25, -0.2) is 0 Å². The predicted octanol–water partition coefficient (Wildman–Crippen LogP) is 2.83. The fourth-order valence-corrected chi connectivity index (χ4v) is 2.26. The Bertz CT molecular complexity index is 670. The van der Waals surface area contributed by atoms with Crippen LogP contribution in [0.4, 0.5) is 11.5 Å². The fraction of sp³-hybridized carbons (Fsp3) is 0.333. The zero-order valence-electron chi connectivity index (χ0n) is 12.8. The van der Waals surface area contributed by atoms with E-state index in [1.54, 1.807) is 23.9 Å². The molecule has 0 spiro atoms. The van der Waals surface area contributed by atoms with Crippen molar-refractivity contribution in [2.45, 2.75) is 13.8 Å². The molecule has 22 heavy (non-hydrogen) atoms. The van der Waals surface area contributed by atoms with Gasteiger partial charge in [0.05, 0.1) is 29.6 Å². The summed E-state index contributed by atoms with van der Waals surface area (Å²) in [5.41, 5.74) is 1.53. The summed E-state index contributed by atoms with van der Waals surface area (Å²) in [6.45, 7) is 4.35. The second-order valence-electron chi connectivity index (χ2n) is 4.75. The van der Waals surface area contributed by atoms with Crippen LogP contribution in [0.25, 0.3) is 0 Å². The number of hydrogen-bond donors (Lipinski definition) is 2. The monoisotopic (exact) mass is 322 g/mol. The van der Waals surface area contributed by atoms with Crippen LogP contribution in [0, 0.1) is 6.92 Å². The van der Waals surface area contributed by atoms with Crippen LogP contribution in [0.2, 0.25) is 5.02 Å². The van der Waals surface area contributed by atoms with Gasteiger partial charge in [-0.2, -0.15) is 5.10 Å². The number of amides is 1. The topological polar surface area (TPSA) is 68.2 Å². The molecule has 0 saturated carbocycles. The van der Waals surface area contributed by atoms with Gasteiger partial charge in [0.1, 0.15) is 5.82 Å². The van der Waals surface area contributed by atoms with Crippen molar-refractivity contribution < 1.29 is 9.53 Å². The Kier molecular flexibility index (Phi) is 5.27. The van der Waals surface area contributed by atoms with Gasteiger partial charge in [0, 0.05) is 13.1 Å². The number of hydrogen-bond acceptors (Lipinski definition) is 4. The number of carbonyl (C=O) groups excluding carboxylic acids is 1. The van der Waals surface area contributed by atoms with Crippen LogP contribution >= 0.6 is 11.6 Å². The number of benzene rings is 1. The maximum absolute atomic E-state index is 12.0. The Morgan fingerprint density at radius 2 is 2.23 bits per heavy atom. The van der Waals surface area contributed by atoms with E-state index in [1.165, 1.54) is 0 Å². The molecule has 7 heteroatoms. The summed E-state index contributed by atoms with van der Waals surface area (Å²) < 4.78 is 7.12. The zero-order chi connectivity index (χ0) is 16.1. The van der Waals surface area contributed by atoms with Crippen molar-refractivity contribution in [1.82, 2.24) is 9.78 Å². The highest BCUT2D eigenvalue weighted by atomic mass is 35.5. The summed E-state index contributed by atoms with van der Waals surface area (Å²) >= 11 is 6.10. The Morgan fingerprint density at radius 3 is 2.86 bits per heavy atom. The van der Waals surface area contributed by atoms with E-state index in [2.05, 4.69) is 15.7 Å². The Morgan fingerprint density at radius 1 is 1.45 bits per heavy atom. The van der Waals surface area contributed by atoms with Crippen LogP contribution in [0.5, 0.6) is 5.75 Å². The number of rotatable bonds is 6. The smallest absolute Gasteiger partial charge is 0.244 e. The first-order chi connectivity index (χ1) is 10.5. The van der Waals surface area contributed by atoms with E-state index in [-0.39, 0.29) is 12.5 Å². The molecule has 0 radical (unpaired) electrons.